The minimum absolute atomic E-state index is 0.129. The molecular formula is C22H16FN5O. The number of carbonyl (C=O) groups excluding carboxylic acids is 1. The van der Waals surface area contributed by atoms with Gasteiger partial charge in [0.05, 0.1) is 22.1 Å². The Morgan fingerprint density at radius 1 is 0.862 bits per heavy atom. The van der Waals surface area contributed by atoms with Gasteiger partial charge in [-0.2, -0.15) is 0 Å². The van der Waals surface area contributed by atoms with Crippen molar-refractivity contribution < 1.29 is 9.18 Å². The Kier molecular flexibility index (Phi) is 3.87. The highest BCUT2D eigenvalue weighted by Gasteiger charge is 2.14. The van der Waals surface area contributed by atoms with E-state index in [0.717, 1.165) is 22.2 Å². The maximum absolute atomic E-state index is 13.5. The fourth-order valence-electron chi connectivity index (χ4n) is 3.42. The van der Waals surface area contributed by atoms with Gasteiger partial charge in [-0.1, -0.05) is 24.3 Å². The lowest BCUT2D eigenvalue weighted by Gasteiger charge is -2.04. The molecule has 0 saturated heterocycles. The lowest BCUT2D eigenvalue weighted by Crippen LogP contribution is -2.05. The number of fused-ring (bicyclic) bond motifs is 2. The molecule has 0 atom stereocenters. The average Bonchev–Trinajstić information content (AvgIpc) is 3.30. The molecule has 29 heavy (non-hydrogen) atoms. The van der Waals surface area contributed by atoms with Crippen molar-refractivity contribution >= 4 is 33.7 Å². The first-order valence-corrected chi connectivity index (χ1v) is 9.09. The van der Waals surface area contributed by atoms with Crippen LogP contribution >= 0.6 is 0 Å². The first-order valence-electron chi connectivity index (χ1n) is 9.09. The van der Waals surface area contributed by atoms with Gasteiger partial charge < -0.3 is 15.3 Å². The lowest BCUT2D eigenvalue weighted by molar-refractivity contribution is -0.114. The van der Waals surface area contributed by atoms with Crippen molar-refractivity contribution in [3.05, 3.63) is 66.5 Å². The number of imidazole rings is 2. The van der Waals surface area contributed by atoms with E-state index in [1.165, 1.54) is 19.1 Å². The molecule has 142 valence electrons. The molecule has 0 fully saturated rings. The van der Waals surface area contributed by atoms with E-state index in [2.05, 4.69) is 25.3 Å². The number of rotatable bonds is 3. The van der Waals surface area contributed by atoms with Gasteiger partial charge in [0.2, 0.25) is 5.91 Å². The summed E-state index contributed by atoms with van der Waals surface area (Å²) in [5.41, 5.74) is 5.35. The zero-order chi connectivity index (χ0) is 20.0. The van der Waals surface area contributed by atoms with Crippen LogP contribution in [0.2, 0.25) is 0 Å². The number of hydrogen-bond donors (Lipinski definition) is 3. The largest absolute Gasteiger partial charge is 0.338 e. The molecule has 6 nitrogen and oxygen atoms in total. The number of nitrogens with one attached hydrogen (secondary N) is 3. The summed E-state index contributed by atoms with van der Waals surface area (Å²) in [6.07, 6.45) is 0. The zero-order valence-corrected chi connectivity index (χ0v) is 15.5. The first-order chi connectivity index (χ1) is 14.1. The van der Waals surface area contributed by atoms with Crippen LogP contribution in [-0.2, 0) is 4.79 Å². The van der Waals surface area contributed by atoms with Crippen molar-refractivity contribution in [2.24, 2.45) is 0 Å². The zero-order valence-electron chi connectivity index (χ0n) is 15.5. The van der Waals surface area contributed by atoms with E-state index in [1.807, 2.05) is 42.5 Å². The minimum atomic E-state index is -0.312. The van der Waals surface area contributed by atoms with Crippen molar-refractivity contribution in [3.8, 4) is 22.8 Å². The van der Waals surface area contributed by atoms with Gasteiger partial charge in [0, 0.05) is 23.7 Å². The van der Waals surface area contributed by atoms with Gasteiger partial charge in [-0.25, -0.2) is 14.4 Å². The second-order valence-electron chi connectivity index (χ2n) is 6.79. The molecule has 0 aliphatic heterocycles. The molecule has 0 aliphatic carbocycles. The van der Waals surface area contributed by atoms with Gasteiger partial charge in [-0.3, -0.25) is 4.79 Å². The highest BCUT2D eigenvalue weighted by atomic mass is 19.1. The van der Waals surface area contributed by atoms with E-state index >= 15 is 0 Å². The molecule has 2 heterocycles. The molecule has 5 aromatic rings. The predicted octanol–water partition coefficient (Wildman–Crippen LogP) is 4.87. The standard InChI is InChI=1S/C22H16FN5O/c1-12(29)24-14-7-9-18-20(11-14)28-22(26-18)16-5-3-2-4-15(16)21-25-17-8-6-13(23)10-19(17)27-21/h2-11H,1H3,(H,24,29)(H,25,27)(H,26,28). The third kappa shape index (κ3) is 3.12. The number of H-pyrrole nitrogens is 2. The van der Waals surface area contributed by atoms with Crippen LogP contribution in [0, 0.1) is 5.82 Å². The molecule has 0 radical (unpaired) electrons. The Balaban J connectivity index is 1.62. The molecule has 1 amide bonds. The van der Waals surface area contributed by atoms with Crippen LogP contribution in [0.3, 0.4) is 0 Å². The quantitative estimate of drug-likeness (QED) is 0.414. The Morgan fingerprint density at radius 3 is 2.07 bits per heavy atom. The number of halogens is 1. The van der Waals surface area contributed by atoms with Crippen LogP contribution < -0.4 is 5.32 Å². The molecule has 0 unspecified atom stereocenters. The molecule has 0 saturated carbocycles. The van der Waals surface area contributed by atoms with Gasteiger partial charge in [0.25, 0.3) is 0 Å². The molecule has 5 rings (SSSR count). The topological polar surface area (TPSA) is 86.5 Å². The van der Waals surface area contributed by atoms with Crippen LogP contribution in [0.5, 0.6) is 0 Å². The molecular weight excluding hydrogens is 369 g/mol. The maximum atomic E-state index is 13.5. The normalized spacial score (nSPS) is 11.2. The molecule has 2 aromatic heterocycles. The SMILES string of the molecule is CC(=O)Nc1ccc2nc(-c3ccccc3-c3nc4ccc(F)cc4[nH]3)[nH]c2c1. The Bertz CT molecular complexity index is 1380. The molecule has 3 N–H and O–H groups in total. The molecule has 0 spiro atoms. The Hall–Kier alpha value is -4.00. The smallest absolute Gasteiger partial charge is 0.221 e. The number of anilines is 1. The van der Waals surface area contributed by atoms with Crippen molar-refractivity contribution in [1.82, 2.24) is 19.9 Å². The van der Waals surface area contributed by atoms with Crippen molar-refractivity contribution in [1.29, 1.82) is 0 Å². The number of amides is 1. The van der Waals surface area contributed by atoms with Crippen LogP contribution in [0.25, 0.3) is 44.8 Å². The summed E-state index contributed by atoms with van der Waals surface area (Å²) in [5.74, 6) is 0.881. The number of nitrogens with zero attached hydrogens (tertiary/aromatic N) is 2. The molecule has 0 bridgehead atoms. The monoisotopic (exact) mass is 385 g/mol. The fraction of sp³-hybridized carbons (Fsp3) is 0.0455. The molecule has 3 aromatic carbocycles. The van der Waals surface area contributed by atoms with Gasteiger partial charge in [-0.05, 0) is 36.4 Å². The Morgan fingerprint density at radius 2 is 1.45 bits per heavy atom. The number of benzene rings is 3. The molecule has 7 heteroatoms. The Labute approximate surface area is 164 Å². The van der Waals surface area contributed by atoms with E-state index in [4.69, 9.17) is 0 Å². The summed E-state index contributed by atoms with van der Waals surface area (Å²) in [6, 6.07) is 17.7. The second-order valence-corrected chi connectivity index (χ2v) is 6.79. The predicted molar refractivity (Wildman–Crippen MR) is 111 cm³/mol. The van der Waals surface area contributed by atoms with Crippen LogP contribution in [-0.4, -0.2) is 25.8 Å². The van der Waals surface area contributed by atoms with Gasteiger partial charge in [-0.15, -0.1) is 0 Å². The van der Waals surface area contributed by atoms with Crippen LogP contribution in [0.15, 0.2) is 60.7 Å². The van der Waals surface area contributed by atoms with Gasteiger partial charge in [0.15, 0.2) is 0 Å². The fourth-order valence-corrected chi connectivity index (χ4v) is 3.42. The highest BCUT2D eigenvalue weighted by molar-refractivity contribution is 5.93. The number of aromatic amines is 2. The van der Waals surface area contributed by atoms with E-state index in [-0.39, 0.29) is 11.7 Å². The van der Waals surface area contributed by atoms with E-state index in [1.54, 1.807) is 6.07 Å². The number of hydrogen-bond acceptors (Lipinski definition) is 3. The summed E-state index contributed by atoms with van der Waals surface area (Å²) in [6.45, 7) is 1.47. The van der Waals surface area contributed by atoms with Crippen LogP contribution in [0.1, 0.15) is 6.92 Å². The lowest BCUT2D eigenvalue weighted by atomic mass is 10.1. The third-order valence-electron chi connectivity index (χ3n) is 4.68. The summed E-state index contributed by atoms with van der Waals surface area (Å²) < 4.78 is 13.5. The van der Waals surface area contributed by atoms with Gasteiger partial charge in [0.1, 0.15) is 17.5 Å². The number of carbonyl (C=O) groups is 1. The summed E-state index contributed by atoms with van der Waals surface area (Å²) >= 11 is 0. The van der Waals surface area contributed by atoms with E-state index in [9.17, 15) is 9.18 Å². The summed E-state index contributed by atoms with van der Waals surface area (Å²) in [4.78, 5) is 27.1. The number of aromatic nitrogens is 4. The highest BCUT2D eigenvalue weighted by Crippen LogP contribution is 2.31. The van der Waals surface area contributed by atoms with Crippen molar-refractivity contribution in [2.45, 2.75) is 6.92 Å². The summed E-state index contributed by atoms with van der Waals surface area (Å²) in [7, 11) is 0. The maximum Gasteiger partial charge on any atom is 0.221 e. The van der Waals surface area contributed by atoms with Crippen molar-refractivity contribution in [2.75, 3.05) is 5.32 Å². The summed E-state index contributed by atoms with van der Waals surface area (Å²) in [5, 5.41) is 2.77. The van der Waals surface area contributed by atoms with Gasteiger partial charge >= 0.3 is 0 Å². The van der Waals surface area contributed by atoms with E-state index < -0.39 is 0 Å². The first kappa shape index (κ1) is 17.1. The van der Waals surface area contributed by atoms with E-state index in [0.29, 0.717) is 28.4 Å². The van der Waals surface area contributed by atoms with Crippen molar-refractivity contribution in [3.63, 3.8) is 0 Å². The minimum Gasteiger partial charge on any atom is -0.338 e. The average molecular weight is 385 g/mol. The van der Waals surface area contributed by atoms with Crippen LogP contribution in [0.4, 0.5) is 10.1 Å². The molecule has 0 aliphatic rings. The third-order valence-corrected chi connectivity index (χ3v) is 4.68. The second kappa shape index (κ2) is 6.56.